The van der Waals surface area contributed by atoms with Crippen molar-refractivity contribution in [2.24, 2.45) is 0 Å². The molecule has 5 heteroatoms. The first-order valence-electron chi connectivity index (χ1n) is 6.05. The Morgan fingerprint density at radius 2 is 1.84 bits per heavy atom. The molecule has 2 rings (SSSR count). The summed E-state index contributed by atoms with van der Waals surface area (Å²) in [6, 6.07) is 6.86. The largest absolute Gasteiger partial charge is 0.325 e. The predicted molar refractivity (Wildman–Crippen MR) is 69.5 cm³/mol. The van der Waals surface area contributed by atoms with E-state index < -0.39 is 17.5 Å². The minimum Gasteiger partial charge on any atom is -0.319 e. The van der Waals surface area contributed by atoms with E-state index in [1.165, 1.54) is 6.92 Å². The van der Waals surface area contributed by atoms with Crippen LogP contribution in [0.15, 0.2) is 24.3 Å². The van der Waals surface area contributed by atoms with Crippen molar-refractivity contribution < 1.29 is 14.4 Å². The SMILES string of the molecule is CC(=O)CN1C(=O)N[C@@](C)(c2ccc(C)cc2)C1=O. The number of carbonyl (C=O) groups excluding carboxylic acids is 3. The molecule has 0 radical (unpaired) electrons. The average Bonchev–Trinajstić information content (AvgIpc) is 2.54. The summed E-state index contributed by atoms with van der Waals surface area (Å²) in [6.45, 7) is 4.76. The highest BCUT2D eigenvalue weighted by Crippen LogP contribution is 2.28. The molecule has 1 fully saturated rings. The van der Waals surface area contributed by atoms with E-state index in [0.717, 1.165) is 10.5 Å². The first-order chi connectivity index (χ1) is 8.84. The lowest BCUT2D eigenvalue weighted by Crippen LogP contribution is -2.41. The van der Waals surface area contributed by atoms with Gasteiger partial charge >= 0.3 is 6.03 Å². The molecule has 1 N–H and O–H groups in total. The Bertz CT molecular complexity index is 550. The van der Waals surface area contributed by atoms with Gasteiger partial charge < -0.3 is 5.32 Å². The fourth-order valence-corrected chi connectivity index (χ4v) is 2.15. The second-order valence-corrected chi connectivity index (χ2v) is 5.01. The van der Waals surface area contributed by atoms with Gasteiger partial charge in [-0.3, -0.25) is 14.5 Å². The van der Waals surface area contributed by atoms with Crippen molar-refractivity contribution in [2.75, 3.05) is 6.54 Å². The third-order valence-corrected chi connectivity index (χ3v) is 3.28. The lowest BCUT2D eigenvalue weighted by molar-refractivity contribution is -0.133. The van der Waals surface area contributed by atoms with Gasteiger partial charge in [0.1, 0.15) is 11.3 Å². The van der Waals surface area contributed by atoms with Crippen LogP contribution in [0, 0.1) is 6.92 Å². The van der Waals surface area contributed by atoms with Crippen LogP contribution in [0.2, 0.25) is 0 Å². The number of hydrogen-bond acceptors (Lipinski definition) is 3. The highest BCUT2D eigenvalue weighted by molar-refractivity contribution is 6.09. The summed E-state index contributed by atoms with van der Waals surface area (Å²) in [4.78, 5) is 36.2. The predicted octanol–water partition coefficient (Wildman–Crippen LogP) is 1.35. The summed E-state index contributed by atoms with van der Waals surface area (Å²) in [5.74, 6) is -0.617. The molecule has 1 heterocycles. The normalized spacial score (nSPS) is 22.6. The van der Waals surface area contributed by atoms with Crippen LogP contribution < -0.4 is 5.32 Å². The zero-order valence-corrected chi connectivity index (χ0v) is 11.2. The monoisotopic (exact) mass is 260 g/mol. The molecule has 1 aromatic rings. The molecule has 1 aliphatic heterocycles. The molecule has 3 amide bonds. The molecular weight excluding hydrogens is 244 g/mol. The third-order valence-electron chi connectivity index (χ3n) is 3.28. The Balaban J connectivity index is 2.35. The Hall–Kier alpha value is -2.17. The van der Waals surface area contributed by atoms with Gasteiger partial charge in [-0.15, -0.1) is 0 Å². The molecule has 0 spiro atoms. The standard InChI is InChI=1S/C14H16N2O3/c1-9-4-6-11(7-5-9)14(3)12(18)16(8-10(2)17)13(19)15-14/h4-7H,8H2,1-3H3,(H,15,19)/t14-/m0/s1. The Kier molecular flexibility index (Phi) is 3.14. The quantitative estimate of drug-likeness (QED) is 0.834. The lowest BCUT2D eigenvalue weighted by Gasteiger charge is -2.22. The number of rotatable bonds is 3. The van der Waals surface area contributed by atoms with E-state index >= 15 is 0 Å². The van der Waals surface area contributed by atoms with Crippen molar-refractivity contribution in [3.8, 4) is 0 Å². The van der Waals surface area contributed by atoms with Gasteiger partial charge in [0, 0.05) is 0 Å². The first kappa shape index (κ1) is 13.3. The molecule has 0 aromatic heterocycles. The van der Waals surface area contributed by atoms with Gasteiger partial charge in [-0.2, -0.15) is 0 Å². The van der Waals surface area contributed by atoms with E-state index in [9.17, 15) is 14.4 Å². The van der Waals surface area contributed by atoms with Crippen molar-refractivity contribution in [2.45, 2.75) is 26.3 Å². The van der Waals surface area contributed by atoms with Crippen LogP contribution in [-0.4, -0.2) is 29.2 Å². The number of urea groups is 1. The molecule has 100 valence electrons. The van der Waals surface area contributed by atoms with E-state index in [-0.39, 0.29) is 12.3 Å². The number of nitrogens with zero attached hydrogens (tertiary/aromatic N) is 1. The molecule has 1 aliphatic rings. The maximum atomic E-state index is 12.3. The fourth-order valence-electron chi connectivity index (χ4n) is 2.15. The maximum Gasteiger partial charge on any atom is 0.325 e. The van der Waals surface area contributed by atoms with Gasteiger partial charge in [0.05, 0.1) is 6.54 Å². The van der Waals surface area contributed by atoms with E-state index in [1.54, 1.807) is 6.92 Å². The number of amides is 3. The lowest BCUT2D eigenvalue weighted by atomic mass is 9.91. The van der Waals surface area contributed by atoms with Crippen LogP contribution in [0.5, 0.6) is 0 Å². The molecule has 0 aliphatic carbocycles. The summed E-state index contributed by atoms with van der Waals surface area (Å²) >= 11 is 0. The van der Waals surface area contributed by atoms with Gasteiger partial charge in [-0.1, -0.05) is 29.8 Å². The molecule has 0 unspecified atom stereocenters. The highest BCUT2D eigenvalue weighted by atomic mass is 16.2. The van der Waals surface area contributed by atoms with E-state index in [1.807, 2.05) is 31.2 Å². The molecule has 0 bridgehead atoms. The van der Waals surface area contributed by atoms with Gasteiger partial charge in [-0.25, -0.2) is 4.79 Å². The number of carbonyl (C=O) groups is 3. The second-order valence-electron chi connectivity index (χ2n) is 5.01. The van der Waals surface area contributed by atoms with Crippen LogP contribution in [0.3, 0.4) is 0 Å². The number of benzene rings is 1. The van der Waals surface area contributed by atoms with Crippen LogP contribution in [0.25, 0.3) is 0 Å². The molecule has 1 saturated heterocycles. The number of Topliss-reactive ketones (excluding diaryl/α,β-unsaturated/α-hetero) is 1. The second kappa shape index (κ2) is 4.50. The number of hydrogen-bond donors (Lipinski definition) is 1. The summed E-state index contributed by atoms with van der Waals surface area (Å²) in [7, 11) is 0. The number of imide groups is 1. The van der Waals surface area contributed by atoms with Crippen LogP contribution in [0.1, 0.15) is 25.0 Å². The number of aryl methyl sites for hydroxylation is 1. The number of ketones is 1. The van der Waals surface area contributed by atoms with Gasteiger partial charge in [0.15, 0.2) is 0 Å². The first-order valence-corrected chi connectivity index (χ1v) is 6.05. The van der Waals surface area contributed by atoms with Crippen LogP contribution >= 0.6 is 0 Å². The van der Waals surface area contributed by atoms with Crippen molar-refractivity contribution in [3.05, 3.63) is 35.4 Å². The van der Waals surface area contributed by atoms with E-state index in [0.29, 0.717) is 5.56 Å². The number of nitrogens with one attached hydrogen (secondary N) is 1. The summed E-state index contributed by atoms with van der Waals surface area (Å²) in [6.07, 6.45) is 0. The molecule has 19 heavy (non-hydrogen) atoms. The highest BCUT2D eigenvalue weighted by Gasteiger charge is 2.49. The molecular formula is C14H16N2O3. The van der Waals surface area contributed by atoms with Gasteiger partial charge in [-0.05, 0) is 26.3 Å². The van der Waals surface area contributed by atoms with E-state index in [2.05, 4.69) is 5.32 Å². The van der Waals surface area contributed by atoms with Crippen molar-refractivity contribution >= 4 is 17.7 Å². The molecule has 5 nitrogen and oxygen atoms in total. The van der Waals surface area contributed by atoms with Crippen molar-refractivity contribution in [1.29, 1.82) is 0 Å². The fraction of sp³-hybridized carbons (Fsp3) is 0.357. The minimum atomic E-state index is -1.10. The van der Waals surface area contributed by atoms with Gasteiger partial charge in [0.2, 0.25) is 0 Å². The van der Waals surface area contributed by atoms with Crippen molar-refractivity contribution in [3.63, 3.8) is 0 Å². The molecule has 1 atom stereocenters. The minimum absolute atomic E-state index is 0.188. The Morgan fingerprint density at radius 1 is 1.26 bits per heavy atom. The molecule has 1 aromatic carbocycles. The third kappa shape index (κ3) is 2.23. The summed E-state index contributed by atoms with van der Waals surface area (Å²) in [5.41, 5.74) is 0.687. The maximum absolute atomic E-state index is 12.3. The van der Waals surface area contributed by atoms with Crippen LogP contribution in [0.4, 0.5) is 4.79 Å². The average molecular weight is 260 g/mol. The van der Waals surface area contributed by atoms with E-state index in [4.69, 9.17) is 0 Å². The van der Waals surface area contributed by atoms with Crippen LogP contribution in [-0.2, 0) is 15.1 Å². The topological polar surface area (TPSA) is 66.5 Å². The Morgan fingerprint density at radius 3 is 2.37 bits per heavy atom. The van der Waals surface area contributed by atoms with Crippen molar-refractivity contribution in [1.82, 2.24) is 10.2 Å². The summed E-state index contributed by atoms with van der Waals surface area (Å²) in [5, 5.41) is 2.66. The van der Waals surface area contributed by atoms with Gasteiger partial charge in [0.25, 0.3) is 5.91 Å². The molecule has 0 saturated carbocycles. The Labute approximate surface area is 111 Å². The zero-order valence-electron chi connectivity index (χ0n) is 11.2. The smallest absolute Gasteiger partial charge is 0.319 e. The summed E-state index contributed by atoms with van der Waals surface area (Å²) < 4.78 is 0. The zero-order chi connectivity index (χ0) is 14.2.